The molecule has 45 heavy (non-hydrogen) atoms. The molecule has 0 aliphatic heterocycles. The van der Waals surface area contributed by atoms with Crippen molar-refractivity contribution in [3.63, 3.8) is 0 Å². The summed E-state index contributed by atoms with van der Waals surface area (Å²) in [6.45, 7) is 1.55. The second kappa shape index (κ2) is 13.7. The Kier molecular flexibility index (Phi) is 9.96. The fraction of sp³-hybridized carbons (Fsp3) is 0.156. The van der Waals surface area contributed by atoms with Crippen LogP contribution in [0.4, 0.5) is 4.39 Å². The Morgan fingerprint density at radius 1 is 1.00 bits per heavy atom. The Morgan fingerprint density at radius 3 is 2.38 bits per heavy atom. The molecule has 0 unspecified atom stereocenters. The van der Waals surface area contributed by atoms with Crippen LogP contribution in [-0.2, 0) is 19.5 Å². The predicted octanol–water partition coefficient (Wildman–Crippen LogP) is 4.23. The van der Waals surface area contributed by atoms with Gasteiger partial charge in [-0.1, -0.05) is 60.6 Å². The van der Waals surface area contributed by atoms with Gasteiger partial charge >= 0.3 is 62.8 Å². The van der Waals surface area contributed by atoms with Crippen molar-refractivity contribution in [1.29, 1.82) is 0 Å². The van der Waals surface area contributed by atoms with Gasteiger partial charge in [0.05, 0.1) is 25.6 Å². The number of Topliss-reactive ketones (excluding diaryl/α,β-unsaturated/α-hetero) is 1. The van der Waals surface area contributed by atoms with E-state index < -0.39 is 35.2 Å². The molecule has 13 heteroatoms. The van der Waals surface area contributed by atoms with E-state index in [4.69, 9.17) is 4.74 Å². The summed E-state index contributed by atoms with van der Waals surface area (Å²) in [5.41, 5.74) is 1.93. The van der Waals surface area contributed by atoms with Crippen LogP contribution in [0.25, 0.3) is 32.7 Å². The van der Waals surface area contributed by atoms with Crippen LogP contribution in [0.2, 0.25) is 0 Å². The van der Waals surface area contributed by atoms with Crippen molar-refractivity contribution in [3.05, 3.63) is 126 Å². The Balaban J connectivity index is 0.00000400. The number of hydrogen-bond donors (Lipinski definition) is 1. The zero-order chi connectivity index (χ0) is 31.0. The van der Waals surface area contributed by atoms with E-state index in [0.717, 1.165) is 32.2 Å². The molecular weight excluding hydrogens is 627 g/mol. The van der Waals surface area contributed by atoms with Crippen molar-refractivity contribution in [2.24, 2.45) is 0 Å². The number of benzene rings is 3. The summed E-state index contributed by atoms with van der Waals surface area (Å²) >= 11 is 1.36. The second-order valence-electron chi connectivity index (χ2n) is 10.0. The number of aromatic amines is 1. The number of ether oxygens (including phenoxy) is 1. The number of fused-ring (bicyclic) bond motifs is 1. The molecule has 1 N–H and O–H groups in total. The van der Waals surface area contributed by atoms with Crippen molar-refractivity contribution < 1.29 is 18.4 Å². The summed E-state index contributed by atoms with van der Waals surface area (Å²) < 4.78 is 26.3. The third-order valence-corrected chi connectivity index (χ3v) is 8.60. The summed E-state index contributed by atoms with van der Waals surface area (Å²) in [6.07, 6.45) is 0.669. The van der Waals surface area contributed by atoms with Crippen LogP contribution in [0.5, 0.6) is 5.75 Å². The maximum atomic E-state index is 14.3. The first-order chi connectivity index (χ1) is 21.3. The van der Waals surface area contributed by atoms with E-state index in [2.05, 4.69) is 14.7 Å². The summed E-state index contributed by atoms with van der Waals surface area (Å²) in [6, 6.07) is 20.4. The van der Waals surface area contributed by atoms with Crippen molar-refractivity contribution in [1.82, 2.24) is 19.3 Å². The molecular formula is C32H26FKN4O6S. The summed E-state index contributed by atoms with van der Waals surface area (Å²) in [4.78, 5) is 55.8. The minimum absolute atomic E-state index is 0. The van der Waals surface area contributed by atoms with Crippen molar-refractivity contribution in [3.8, 4) is 28.3 Å². The van der Waals surface area contributed by atoms with Crippen LogP contribution in [0.3, 0.4) is 0 Å². The molecule has 224 valence electrons. The number of H-pyrrole nitrogens is 1. The third kappa shape index (κ3) is 6.50. The molecule has 0 amide bonds. The van der Waals surface area contributed by atoms with Crippen molar-refractivity contribution in [2.45, 2.75) is 26.4 Å². The molecule has 3 aromatic carbocycles. The van der Waals surface area contributed by atoms with E-state index in [-0.39, 0.29) is 69.2 Å². The van der Waals surface area contributed by atoms with Gasteiger partial charge in [0.2, 0.25) is 0 Å². The van der Waals surface area contributed by atoms with Gasteiger partial charge in [-0.2, -0.15) is 0 Å². The van der Waals surface area contributed by atoms with E-state index >= 15 is 0 Å². The van der Waals surface area contributed by atoms with Crippen LogP contribution >= 0.6 is 11.3 Å². The average molecular weight is 653 g/mol. The van der Waals surface area contributed by atoms with Crippen LogP contribution in [0.15, 0.2) is 91.7 Å². The van der Waals surface area contributed by atoms with E-state index in [0.29, 0.717) is 28.0 Å². The number of ketones is 1. The van der Waals surface area contributed by atoms with Crippen LogP contribution in [0.1, 0.15) is 27.7 Å². The first-order valence-electron chi connectivity index (χ1n) is 13.6. The van der Waals surface area contributed by atoms with Gasteiger partial charge in [-0.15, -0.1) is 11.3 Å². The van der Waals surface area contributed by atoms with Gasteiger partial charge in [0.25, 0.3) is 5.56 Å². The number of nitrogens with zero attached hydrogens (tertiary/aromatic N) is 3. The number of carbonyl (C=O) groups excluding carboxylic acids is 1. The second-order valence-corrected chi connectivity index (χ2v) is 11.1. The van der Waals surface area contributed by atoms with Crippen LogP contribution < -0.4 is 21.7 Å². The number of methoxy groups -OCH3 is 1. The number of aryl methyl sites for hydroxylation is 1. The molecule has 6 rings (SSSR count). The molecule has 0 atom stereocenters. The van der Waals surface area contributed by atoms with E-state index in [1.165, 1.54) is 35.1 Å². The molecule has 0 spiro atoms. The topological polar surface area (TPSA) is 129 Å². The first kappa shape index (κ1) is 32.7. The van der Waals surface area contributed by atoms with E-state index in [1.54, 1.807) is 6.07 Å². The quantitative estimate of drug-likeness (QED) is 0.183. The summed E-state index contributed by atoms with van der Waals surface area (Å²) in [5, 5.41) is 4.14. The van der Waals surface area contributed by atoms with E-state index in [9.17, 15) is 23.6 Å². The average Bonchev–Trinajstić information content (AvgIpc) is 3.68. The Morgan fingerprint density at radius 2 is 1.73 bits per heavy atom. The molecule has 0 radical (unpaired) electrons. The van der Waals surface area contributed by atoms with Gasteiger partial charge in [0.15, 0.2) is 23.2 Å². The number of halogens is 1. The molecule has 0 saturated carbocycles. The van der Waals surface area contributed by atoms with E-state index in [1.807, 2.05) is 55.5 Å². The molecule has 0 bridgehead atoms. The number of nitrogens with one attached hydrogen (secondary N) is 1. The van der Waals surface area contributed by atoms with Gasteiger partial charge in [0.1, 0.15) is 4.83 Å². The van der Waals surface area contributed by atoms with Gasteiger partial charge in [0, 0.05) is 16.0 Å². The number of thiophene rings is 1. The standard InChI is InChI=1S/C32H25FN4O6S.K.H/c1-3-21-15-24-29(39)36(17-26(38)20-12-13-27(42-2)25(33)14-20)32(41)37(30(24)44-21)16-18-8-10-19(11-9-18)22-6-4-5-7-23(22)28-34-31(40)43-35-28;;/h4-15H,3,16-17H2,1-2H3,(H,34,35,40);;. The first-order valence-corrected chi connectivity index (χ1v) is 14.5. The molecule has 3 aromatic heterocycles. The zero-order valence-electron chi connectivity index (χ0n) is 23.6. The fourth-order valence-electron chi connectivity index (χ4n) is 5.04. The molecule has 0 aliphatic carbocycles. The third-order valence-electron chi connectivity index (χ3n) is 7.30. The van der Waals surface area contributed by atoms with Gasteiger partial charge < -0.3 is 4.74 Å². The Bertz CT molecular complexity index is 2210. The van der Waals surface area contributed by atoms with Crippen molar-refractivity contribution >= 4 is 78.7 Å². The van der Waals surface area contributed by atoms with Gasteiger partial charge in [-0.3, -0.25) is 28.2 Å². The SMILES string of the molecule is CCc1cc2c(=O)n(CC(=O)c3ccc(OC)c(F)c3)c(=O)n(Cc3ccc(-c4ccccc4-c4noc(=O)[nH]4)cc3)c2s1.[KH]. The number of aromatic nitrogens is 4. The number of rotatable bonds is 9. The van der Waals surface area contributed by atoms with Gasteiger partial charge in [-0.05, 0) is 47.4 Å². The number of carbonyl (C=O) groups is 1. The summed E-state index contributed by atoms with van der Waals surface area (Å²) in [5.74, 6) is -1.66. The number of hydrogen-bond acceptors (Lipinski definition) is 8. The molecule has 0 aliphatic rings. The summed E-state index contributed by atoms with van der Waals surface area (Å²) in [7, 11) is 1.32. The van der Waals surface area contributed by atoms with Crippen LogP contribution in [-0.4, -0.2) is 83.6 Å². The molecule has 3 heterocycles. The minimum atomic E-state index is -0.718. The monoisotopic (exact) mass is 652 g/mol. The fourth-order valence-corrected chi connectivity index (χ4v) is 6.12. The Hall–Kier alpha value is -3.72. The van der Waals surface area contributed by atoms with Gasteiger partial charge in [-0.25, -0.2) is 14.0 Å². The predicted molar refractivity (Wildman–Crippen MR) is 171 cm³/mol. The maximum absolute atomic E-state index is 14.3. The Labute approximate surface area is 301 Å². The molecule has 0 saturated heterocycles. The normalized spacial score (nSPS) is 11.0. The zero-order valence-corrected chi connectivity index (χ0v) is 24.4. The molecule has 6 aromatic rings. The van der Waals surface area contributed by atoms with Crippen LogP contribution in [0, 0.1) is 5.82 Å². The molecule has 0 fully saturated rings. The molecule has 10 nitrogen and oxygen atoms in total. The van der Waals surface area contributed by atoms with Crippen molar-refractivity contribution in [2.75, 3.05) is 7.11 Å².